The van der Waals surface area contributed by atoms with E-state index >= 15 is 0 Å². The molecule has 1 saturated heterocycles. The van der Waals surface area contributed by atoms with Crippen LogP contribution in [0.5, 0.6) is 0 Å². The lowest BCUT2D eigenvalue weighted by atomic mass is 10.0. The summed E-state index contributed by atoms with van der Waals surface area (Å²) in [6.45, 7) is 5.24. The van der Waals surface area contributed by atoms with Gasteiger partial charge in [0.25, 0.3) is 0 Å². The molecule has 0 radical (unpaired) electrons. The Balaban J connectivity index is 2.46. The van der Waals surface area contributed by atoms with Crippen LogP contribution in [0.25, 0.3) is 0 Å². The highest BCUT2D eigenvalue weighted by Gasteiger charge is 2.29. The first-order valence-electron chi connectivity index (χ1n) is 6.50. The molecule has 1 aliphatic rings. The number of anilines is 2. The molecule has 2 rings (SSSR count). The van der Waals surface area contributed by atoms with E-state index in [4.69, 9.17) is 10.9 Å². The van der Waals surface area contributed by atoms with Crippen molar-refractivity contribution in [2.24, 2.45) is 11.1 Å². The lowest BCUT2D eigenvalue weighted by Gasteiger charge is -2.31. The monoisotopic (exact) mass is 283 g/mol. The van der Waals surface area contributed by atoms with Gasteiger partial charge in [0, 0.05) is 12.6 Å². The number of hydrogen-bond acceptors (Lipinski definition) is 4. The molecule has 1 fully saturated rings. The average Bonchev–Trinajstić information content (AvgIpc) is 2.76. The van der Waals surface area contributed by atoms with Gasteiger partial charge in [-0.1, -0.05) is 19.9 Å². The van der Waals surface area contributed by atoms with Crippen LogP contribution in [0.2, 0.25) is 0 Å². The number of primary sulfonamides is 1. The third-order valence-corrected chi connectivity index (χ3v) is 4.70. The number of nitrogens with two attached hydrogens (primary N) is 2. The largest absolute Gasteiger partial charge is 0.396 e. The number of hydrogen-bond donors (Lipinski definition) is 2. The van der Waals surface area contributed by atoms with Gasteiger partial charge < -0.3 is 10.6 Å². The molecule has 0 bridgehead atoms. The minimum Gasteiger partial charge on any atom is -0.396 e. The highest BCUT2D eigenvalue weighted by Crippen LogP contribution is 2.35. The summed E-state index contributed by atoms with van der Waals surface area (Å²) in [5.74, 6) is 0.500. The second-order valence-electron chi connectivity index (χ2n) is 5.38. The summed E-state index contributed by atoms with van der Waals surface area (Å²) in [7, 11) is -3.77. The lowest BCUT2D eigenvalue weighted by Crippen LogP contribution is -2.34. The first-order chi connectivity index (χ1) is 8.82. The molecule has 6 heteroatoms. The summed E-state index contributed by atoms with van der Waals surface area (Å²) in [5.41, 5.74) is 7.05. The van der Waals surface area contributed by atoms with Crippen molar-refractivity contribution >= 4 is 21.4 Å². The molecule has 5 nitrogen and oxygen atoms in total. The third kappa shape index (κ3) is 2.69. The molecule has 0 saturated carbocycles. The smallest absolute Gasteiger partial charge is 0.240 e. The Morgan fingerprint density at radius 3 is 2.63 bits per heavy atom. The molecule has 1 heterocycles. The number of rotatable bonds is 3. The number of nitrogen functional groups attached to an aromatic ring is 1. The van der Waals surface area contributed by atoms with E-state index in [1.165, 1.54) is 6.07 Å². The summed E-state index contributed by atoms with van der Waals surface area (Å²) >= 11 is 0. The second kappa shape index (κ2) is 5.02. The maximum absolute atomic E-state index is 11.5. The van der Waals surface area contributed by atoms with E-state index in [0.29, 0.717) is 12.0 Å². The number of nitrogens with zero attached hydrogens (tertiary/aromatic N) is 1. The van der Waals surface area contributed by atoms with Crippen LogP contribution in [0.15, 0.2) is 23.1 Å². The summed E-state index contributed by atoms with van der Waals surface area (Å²) < 4.78 is 23.0. The maximum Gasteiger partial charge on any atom is 0.240 e. The Labute approximate surface area is 114 Å². The summed E-state index contributed by atoms with van der Waals surface area (Å²) in [6.07, 6.45) is 2.21. The Hall–Kier alpha value is -1.27. The molecule has 1 atom stereocenters. The maximum atomic E-state index is 11.5. The van der Waals surface area contributed by atoms with Crippen molar-refractivity contribution in [2.75, 3.05) is 17.2 Å². The van der Waals surface area contributed by atoms with E-state index in [1.807, 2.05) is 6.07 Å². The predicted molar refractivity (Wildman–Crippen MR) is 77.4 cm³/mol. The summed E-state index contributed by atoms with van der Waals surface area (Å²) in [6, 6.07) is 5.42. The van der Waals surface area contributed by atoms with Crippen LogP contribution in [-0.4, -0.2) is 21.0 Å². The highest BCUT2D eigenvalue weighted by atomic mass is 32.2. The lowest BCUT2D eigenvalue weighted by molar-refractivity contribution is 0.492. The van der Waals surface area contributed by atoms with Crippen LogP contribution in [0.4, 0.5) is 11.4 Å². The molecular weight excluding hydrogens is 262 g/mol. The molecule has 19 heavy (non-hydrogen) atoms. The normalized spacial score (nSPS) is 20.2. The van der Waals surface area contributed by atoms with Gasteiger partial charge in [-0.2, -0.15) is 0 Å². The average molecular weight is 283 g/mol. The zero-order valence-corrected chi connectivity index (χ0v) is 12.2. The SMILES string of the molecule is CC(C)C1CCCN1c1cccc(S(N)(=O)=O)c1N. The van der Waals surface area contributed by atoms with Crippen molar-refractivity contribution in [2.45, 2.75) is 37.6 Å². The molecule has 1 aromatic rings. The van der Waals surface area contributed by atoms with Gasteiger partial charge in [-0.15, -0.1) is 0 Å². The van der Waals surface area contributed by atoms with Crippen molar-refractivity contribution in [1.29, 1.82) is 0 Å². The fourth-order valence-electron chi connectivity index (χ4n) is 2.82. The number of benzene rings is 1. The van der Waals surface area contributed by atoms with E-state index in [0.717, 1.165) is 25.1 Å². The Morgan fingerprint density at radius 1 is 1.37 bits per heavy atom. The molecule has 4 N–H and O–H groups in total. The minimum absolute atomic E-state index is 0.0133. The van der Waals surface area contributed by atoms with Crippen molar-refractivity contribution in [3.8, 4) is 0 Å². The first kappa shape index (κ1) is 14.1. The zero-order chi connectivity index (χ0) is 14.2. The Bertz CT molecular complexity index is 569. The fourth-order valence-corrected chi connectivity index (χ4v) is 3.50. The van der Waals surface area contributed by atoms with Crippen molar-refractivity contribution in [1.82, 2.24) is 0 Å². The van der Waals surface area contributed by atoms with Crippen LogP contribution in [0.3, 0.4) is 0 Å². The van der Waals surface area contributed by atoms with Crippen molar-refractivity contribution in [3.05, 3.63) is 18.2 Å². The quantitative estimate of drug-likeness (QED) is 0.823. The molecule has 0 spiro atoms. The fraction of sp³-hybridized carbons (Fsp3) is 0.538. The number of para-hydroxylation sites is 1. The van der Waals surface area contributed by atoms with Crippen LogP contribution < -0.4 is 15.8 Å². The van der Waals surface area contributed by atoms with Gasteiger partial charge in [0.2, 0.25) is 10.0 Å². The van der Waals surface area contributed by atoms with E-state index in [1.54, 1.807) is 6.07 Å². The van der Waals surface area contributed by atoms with Gasteiger partial charge in [-0.25, -0.2) is 13.6 Å². The molecule has 1 aliphatic heterocycles. The van der Waals surface area contributed by atoms with Crippen molar-refractivity contribution in [3.63, 3.8) is 0 Å². The molecule has 0 aliphatic carbocycles. The molecule has 106 valence electrons. The topological polar surface area (TPSA) is 89.4 Å². The van der Waals surface area contributed by atoms with E-state index in [-0.39, 0.29) is 10.6 Å². The van der Waals surface area contributed by atoms with Gasteiger partial charge in [0.15, 0.2) is 0 Å². The molecule has 1 unspecified atom stereocenters. The van der Waals surface area contributed by atoms with Gasteiger partial charge >= 0.3 is 0 Å². The van der Waals surface area contributed by atoms with Gasteiger partial charge in [0.1, 0.15) is 4.90 Å². The summed E-state index contributed by atoms with van der Waals surface area (Å²) in [5, 5.41) is 5.19. The molecular formula is C13H21N3O2S. The van der Waals surface area contributed by atoms with E-state index in [9.17, 15) is 8.42 Å². The van der Waals surface area contributed by atoms with Crippen LogP contribution in [0, 0.1) is 5.92 Å². The van der Waals surface area contributed by atoms with E-state index < -0.39 is 10.0 Å². The second-order valence-corrected chi connectivity index (χ2v) is 6.91. The predicted octanol–water partition coefficient (Wildman–Crippen LogP) is 1.54. The minimum atomic E-state index is -3.77. The van der Waals surface area contributed by atoms with Gasteiger partial charge in [-0.05, 0) is 30.9 Å². The molecule has 0 amide bonds. The van der Waals surface area contributed by atoms with Crippen molar-refractivity contribution < 1.29 is 8.42 Å². The van der Waals surface area contributed by atoms with Crippen LogP contribution in [-0.2, 0) is 10.0 Å². The number of sulfonamides is 1. The van der Waals surface area contributed by atoms with Gasteiger partial charge in [0.05, 0.1) is 11.4 Å². The van der Waals surface area contributed by atoms with E-state index in [2.05, 4.69) is 18.7 Å². The Kier molecular flexibility index (Phi) is 3.73. The van der Waals surface area contributed by atoms with Crippen LogP contribution >= 0.6 is 0 Å². The standard InChI is InChI=1S/C13H21N3O2S/c1-9(2)10-6-4-8-16(10)11-5-3-7-12(13(11)14)19(15,17)18/h3,5,7,9-10H,4,6,8,14H2,1-2H3,(H2,15,17,18). The molecule has 1 aromatic carbocycles. The van der Waals surface area contributed by atoms with Crippen LogP contribution in [0.1, 0.15) is 26.7 Å². The zero-order valence-electron chi connectivity index (χ0n) is 11.3. The Morgan fingerprint density at radius 2 is 2.05 bits per heavy atom. The first-order valence-corrected chi connectivity index (χ1v) is 8.05. The molecule has 0 aromatic heterocycles. The summed E-state index contributed by atoms with van der Waals surface area (Å²) in [4.78, 5) is 2.22. The third-order valence-electron chi connectivity index (χ3n) is 3.73. The highest BCUT2D eigenvalue weighted by molar-refractivity contribution is 7.89. The van der Waals surface area contributed by atoms with Gasteiger partial charge in [-0.3, -0.25) is 0 Å².